The minimum Gasteiger partial charge on any atom is -0.311 e. The van der Waals surface area contributed by atoms with Crippen molar-refractivity contribution >= 4 is 50.2 Å². The second-order valence-electron chi connectivity index (χ2n) is 16.0. The smallest absolute Gasteiger partial charge is 0.187 e. The van der Waals surface area contributed by atoms with E-state index in [1.165, 1.54) is 0 Å². The van der Waals surface area contributed by atoms with E-state index in [1.54, 1.807) is 0 Å². The van der Waals surface area contributed by atoms with E-state index in [-0.39, 0.29) is 0 Å². The number of para-hydroxylation sites is 1. The Morgan fingerprint density at radius 1 is 0.348 bits per heavy atom. The van der Waals surface area contributed by atoms with Crippen molar-refractivity contribution in [1.82, 2.24) is 14.5 Å². The molecular formula is C60H38N6. The van der Waals surface area contributed by atoms with Crippen molar-refractivity contribution in [2.45, 2.75) is 0 Å². The average Bonchev–Trinajstić information content (AvgIpc) is 3.73. The van der Waals surface area contributed by atoms with Crippen LogP contribution in [0.4, 0.5) is 28.4 Å². The zero-order chi connectivity index (χ0) is 44.4. The Hall–Kier alpha value is -9.36. The Balaban J connectivity index is 0.876. The molecule has 0 amide bonds. The van der Waals surface area contributed by atoms with Crippen LogP contribution in [0.3, 0.4) is 0 Å². The van der Waals surface area contributed by atoms with Gasteiger partial charge in [0.25, 0.3) is 0 Å². The lowest BCUT2D eigenvalue weighted by Crippen LogP contribution is -2.09. The molecule has 0 bridgehead atoms. The normalized spacial score (nSPS) is 11.0. The lowest BCUT2D eigenvalue weighted by atomic mass is 9.98. The molecule has 11 aromatic rings. The van der Waals surface area contributed by atoms with Gasteiger partial charge in [-0.1, -0.05) is 164 Å². The Morgan fingerprint density at radius 3 is 1.30 bits per heavy atom. The minimum atomic E-state index is 0.585. The highest BCUT2D eigenvalue weighted by atomic mass is 15.1. The van der Waals surface area contributed by atoms with E-state index < -0.39 is 0 Å². The number of aromatic nitrogens is 3. The molecule has 0 unspecified atom stereocenters. The molecule has 11 rings (SSSR count). The summed E-state index contributed by atoms with van der Waals surface area (Å²) in [6.45, 7) is 15.0. The van der Waals surface area contributed by atoms with Gasteiger partial charge in [-0.05, 0) is 89.0 Å². The zero-order valence-electron chi connectivity index (χ0n) is 35.6. The number of fused-ring (bicyclic) bond motifs is 3. The largest absolute Gasteiger partial charge is 0.311 e. The van der Waals surface area contributed by atoms with Crippen molar-refractivity contribution in [1.29, 1.82) is 0 Å². The van der Waals surface area contributed by atoms with Gasteiger partial charge in [-0.2, -0.15) is 0 Å². The Kier molecular flexibility index (Phi) is 10.2. The van der Waals surface area contributed by atoms with Gasteiger partial charge in [-0.15, -0.1) is 0 Å². The molecule has 0 aliphatic heterocycles. The van der Waals surface area contributed by atoms with Gasteiger partial charge in [-0.3, -0.25) is 0 Å². The second-order valence-corrected chi connectivity index (χ2v) is 16.0. The van der Waals surface area contributed by atoms with E-state index in [1.807, 2.05) is 97.1 Å². The van der Waals surface area contributed by atoms with Gasteiger partial charge in [0.05, 0.1) is 35.6 Å². The quantitative estimate of drug-likeness (QED) is 0.136. The summed E-state index contributed by atoms with van der Waals surface area (Å²) in [6.07, 6.45) is 0. The van der Waals surface area contributed by atoms with Crippen molar-refractivity contribution < 1.29 is 0 Å². The van der Waals surface area contributed by atoms with Crippen LogP contribution in [0.2, 0.25) is 0 Å². The molecule has 0 aliphatic rings. The summed E-state index contributed by atoms with van der Waals surface area (Å²) in [6, 6.07) is 79.0. The standard InChI is InChI=1S/C60H38N6/c1-61-48-27-33-50(34-28-48)65(51-35-29-49(62-2)30-36-51)53-37-38-59-55(39-53)54-15-9-10-16-58(54)66(59)52-31-25-44(26-32-52)42-19-17-41(18-20-42)43-21-23-46(24-22-43)57-40-56(45-11-5-3-6-12-45)63-60(64-57)47-13-7-4-8-14-47/h3-40H. The summed E-state index contributed by atoms with van der Waals surface area (Å²) in [5.41, 5.74) is 16.7. The maximum absolute atomic E-state index is 7.48. The fraction of sp³-hybridized carbons (Fsp3) is 0. The molecule has 0 N–H and O–H groups in total. The lowest BCUT2D eigenvalue weighted by molar-refractivity contribution is 1.18. The first-order valence-electron chi connectivity index (χ1n) is 21.7. The molecule has 66 heavy (non-hydrogen) atoms. The van der Waals surface area contributed by atoms with E-state index in [0.29, 0.717) is 17.2 Å². The van der Waals surface area contributed by atoms with Gasteiger partial charge in [0.1, 0.15) is 0 Å². The first-order valence-corrected chi connectivity index (χ1v) is 21.7. The number of nitrogens with zero attached hydrogens (tertiary/aromatic N) is 6. The fourth-order valence-electron chi connectivity index (χ4n) is 8.74. The van der Waals surface area contributed by atoms with E-state index in [4.69, 9.17) is 23.1 Å². The maximum Gasteiger partial charge on any atom is 0.187 e. The van der Waals surface area contributed by atoms with Gasteiger partial charge in [-0.25, -0.2) is 19.7 Å². The summed E-state index contributed by atoms with van der Waals surface area (Å²) in [5.74, 6) is 0.704. The molecule has 0 atom stereocenters. The maximum atomic E-state index is 7.48. The SMILES string of the molecule is [C-]#[N+]c1ccc(N(c2ccc([N+]#[C-])cc2)c2ccc3c(c2)c2ccccc2n3-c2ccc(-c3ccc(-c4ccc(-c5cc(-c6ccccc6)nc(-c6ccccc6)n5)cc4)cc3)cc2)cc1. The van der Waals surface area contributed by atoms with Crippen molar-refractivity contribution in [3.63, 3.8) is 0 Å². The van der Waals surface area contributed by atoms with Gasteiger partial charge >= 0.3 is 0 Å². The molecule has 0 saturated heterocycles. The highest BCUT2D eigenvalue weighted by Crippen LogP contribution is 2.41. The molecule has 308 valence electrons. The van der Waals surface area contributed by atoms with Crippen LogP contribution >= 0.6 is 0 Å². The number of anilines is 3. The molecular weight excluding hydrogens is 805 g/mol. The van der Waals surface area contributed by atoms with E-state index in [2.05, 4.69) is 153 Å². The Labute approximate surface area is 383 Å². The first kappa shape index (κ1) is 39.5. The van der Waals surface area contributed by atoms with Crippen LogP contribution in [-0.2, 0) is 0 Å². The highest BCUT2D eigenvalue weighted by Gasteiger charge is 2.18. The molecule has 0 radical (unpaired) electrons. The van der Waals surface area contributed by atoms with Crippen molar-refractivity contribution in [2.75, 3.05) is 4.90 Å². The molecule has 6 nitrogen and oxygen atoms in total. The number of hydrogen-bond donors (Lipinski definition) is 0. The molecule has 0 fully saturated rings. The fourth-order valence-corrected chi connectivity index (χ4v) is 8.74. The summed E-state index contributed by atoms with van der Waals surface area (Å²) < 4.78 is 2.33. The number of rotatable bonds is 9. The van der Waals surface area contributed by atoms with Gasteiger partial charge in [0.15, 0.2) is 17.2 Å². The van der Waals surface area contributed by atoms with Gasteiger partial charge < -0.3 is 9.47 Å². The van der Waals surface area contributed by atoms with E-state index in [9.17, 15) is 0 Å². The summed E-state index contributed by atoms with van der Waals surface area (Å²) >= 11 is 0. The van der Waals surface area contributed by atoms with E-state index in [0.717, 1.165) is 94.9 Å². The zero-order valence-corrected chi connectivity index (χ0v) is 35.6. The summed E-state index contributed by atoms with van der Waals surface area (Å²) in [5, 5.41) is 2.28. The van der Waals surface area contributed by atoms with Crippen LogP contribution in [0.25, 0.3) is 93.3 Å². The van der Waals surface area contributed by atoms with Crippen LogP contribution in [0.15, 0.2) is 231 Å². The third-order valence-corrected chi connectivity index (χ3v) is 12.1. The Morgan fingerprint density at radius 2 is 0.773 bits per heavy atom. The topological polar surface area (TPSA) is 42.7 Å². The van der Waals surface area contributed by atoms with Crippen molar-refractivity contribution in [2.24, 2.45) is 0 Å². The van der Waals surface area contributed by atoms with Crippen LogP contribution in [-0.4, -0.2) is 14.5 Å². The second kappa shape index (κ2) is 17.1. The van der Waals surface area contributed by atoms with Crippen molar-refractivity contribution in [3.05, 3.63) is 253 Å². The number of hydrogen-bond acceptors (Lipinski definition) is 3. The monoisotopic (exact) mass is 842 g/mol. The van der Waals surface area contributed by atoms with Crippen LogP contribution in [0.1, 0.15) is 0 Å². The molecule has 0 spiro atoms. The third kappa shape index (κ3) is 7.51. The molecule has 6 heteroatoms. The van der Waals surface area contributed by atoms with Gasteiger partial charge in [0, 0.05) is 50.2 Å². The molecule has 2 aromatic heterocycles. The minimum absolute atomic E-state index is 0.585. The Bertz CT molecular complexity index is 3490. The lowest BCUT2D eigenvalue weighted by Gasteiger charge is -2.26. The molecule has 2 heterocycles. The molecule has 9 aromatic carbocycles. The third-order valence-electron chi connectivity index (χ3n) is 12.1. The van der Waals surface area contributed by atoms with E-state index >= 15 is 0 Å². The molecule has 0 aliphatic carbocycles. The van der Waals surface area contributed by atoms with Crippen LogP contribution in [0.5, 0.6) is 0 Å². The number of benzene rings is 9. The molecule has 0 saturated carbocycles. The van der Waals surface area contributed by atoms with Crippen molar-refractivity contribution in [3.8, 4) is 61.8 Å². The predicted octanol–water partition coefficient (Wildman–Crippen LogP) is 16.5. The predicted molar refractivity (Wildman–Crippen MR) is 271 cm³/mol. The summed E-state index contributed by atoms with van der Waals surface area (Å²) in [7, 11) is 0. The average molecular weight is 843 g/mol. The highest BCUT2D eigenvalue weighted by molar-refractivity contribution is 6.10. The van der Waals surface area contributed by atoms with Crippen LogP contribution in [0, 0.1) is 13.1 Å². The summed E-state index contributed by atoms with van der Waals surface area (Å²) in [4.78, 5) is 19.3. The van der Waals surface area contributed by atoms with Crippen LogP contribution < -0.4 is 4.90 Å². The first-order chi connectivity index (χ1) is 32.6. The van der Waals surface area contributed by atoms with Gasteiger partial charge in [0.2, 0.25) is 0 Å².